The lowest BCUT2D eigenvalue weighted by molar-refractivity contribution is 0.171. The highest BCUT2D eigenvalue weighted by Crippen LogP contribution is 2.36. The first-order valence-corrected chi connectivity index (χ1v) is 7.65. The molecule has 3 nitrogen and oxygen atoms in total. The van der Waals surface area contributed by atoms with Gasteiger partial charge in [0.2, 0.25) is 0 Å². The normalized spacial score (nSPS) is 13.2. The lowest BCUT2D eigenvalue weighted by atomic mass is 10.2. The molecular weight excluding hydrogens is 294 g/mol. The number of hydrogen-bond donors (Lipinski definition) is 1. The number of hydrogen-bond acceptors (Lipinski definition) is 4. The molecule has 0 fully saturated rings. The number of ether oxygens (including phenoxy) is 2. The van der Waals surface area contributed by atoms with Crippen molar-refractivity contribution in [2.45, 2.75) is 10.6 Å². The highest BCUT2D eigenvalue weighted by atomic mass is 35.5. The molecule has 1 heterocycles. The minimum absolute atomic E-state index is 0.602. The molecule has 104 valence electrons. The van der Waals surface area contributed by atoms with E-state index in [-0.39, 0.29) is 0 Å². The molecule has 0 aliphatic carbocycles. The summed E-state index contributed by atoms with van der Waals surface area (Å²) in [6.45, 7) is 1.21. The molecule has 0 spiro atoms. The van der Waals surface area contributed by atoms with E-state index in [9.17, 15) is 0 Å². The van der Waals surface area contributed by atoms with E-state index in [2.05, 4.69) is 0 Å². The van der Waals surface area contributed by atoms with Crippen LogP contribution in [0.15, 0.2) is 41.3 Å². The van der Waals surface area contributed by atoms with Crippen LogP contribution in [-0.4, -0.2) is 13.2 Å². The summed E-state index contributed by atoms with van der Waals surface area (Å²) in [5.41, 5.74) is 7.44. The van der Waals surface area contributed by atoms with E-state index in [0.29, 0.717) is 23.9 Å². The number of nitrogen functional groups attached to an aromatic ring is 1. The predicted octanol–water partition coefficient (Wildman–Crippen LogP) is 3.99. The molecule has 2 N–H and O–H groups in total. The molecular formula is C15H14ClNO2S. The zero-order valence-electron chi connectivity index (χ0n) is 10.8. The van der Waals surface area contributed by atoms with Crippen molar-refractivity contribution in [2.75, 3.05) is 18.9 Å². The molecule has 0 saturated carbocycles. The number of thioether (sulfide) groups is 1. The SMILES string of the molecule is Nc1ccc(CSc2ccc3c(c2)OCCO3)c(Cl)c1. The van der Waals surface area contributed by atoms with Crippen molar-refractivity contribution in [2.24, 2.45) is 0 Å². The van der Waals surface area contributed by atoms with Crippen LogP contribution in [-0.2, 0) is 5.75 Å². The fraction of sp³-hybridized carbons (Fsp3) is 0.200. The second kappa shape index (κ2) is 5.85. The van der Waals surface area contributed by atoms with Crippen LogP contribution in [0.25, 0.3) is 0 Å². The van der Waals surface area contributed by atoms with Gasteiger partial charge in [0.1, 0.15) is 13.2 Å². The number of benzene rings is 2. The molecule has 0 amide bonds. The standard InChI is InChI=1S/C15H14ClNO2S/c16-13-7-11(17)2-1-10(13)9-20-12-3-4-14-15(8-12)19-6-5-18-14/h1-4,7-8H,5-6,9,17H2. The van der Waals surface area contributed by atoms with Crippen LogP contribution in [0.3, 0.4) is 0 Å². The lowest BCUT2D eigenvalue weighted by Crippen LogP contribution is -2.15. The summed E-state index contributed by atoms with van der Waals surface area (Å²) in [4.78, 5) is 1.13. The second-order valence-corrected chi connectivity index (χ2v) is 5.90. The van der Waals surface area contributed by atoms with E-state index in [1.807, 2.05) is 30.3 Å². The summed E-state index contributed by atoms with van der Waals surface area (Å²) in [5, 5.41) is 0.704. The fourth-order valence-corrected chi connectivity index (χ4v) is 3.22. The zero-order valence-corrected chi connectivity index (χ0v) is 12.3. The highest BCUT2D eigenvalue weighted by molar-refractivity contribution is 7.98. The Balaban J connectivity index is 1.72. The van der Waals surface area contributed by atoms with Crippen LogP contribution in [0.1, 0.15) is 5.56 Å². The molecule has 0 atom stereocenters. The van der Waals surface area contributed by atoms with Crippen LogP contribution in [0.2, 0.25) is 5.02 Å². The molecule has 2 aromatic rings. The van der Waals surface area contributed by atoms with Crippen molar-refractivity contribution < 1.29 is 9.47 Å². The highest BCUT2D eigenvalue weighted by Gasteiger charge is 2.12. The van der Waals surface area contributed by atoms with Crippen molar-refractivity contribution in [3.8, 4) is 11.5 Å². The van der Waals surface area contributed by atoms with Crippen LogP contribution in [0, 0.1) is 0 Å². The third kappa shape index (κ3) is 2.97. The van der Waals surface area contributed by atoms with Gasteiger partial charge in [0.25, 0.3) is 0 Å². The monoisotopic (exact) mass is 307 g/mol. The largest absolute Gasteiger partial charge is 0.486 e. The van der Waals surface area contributed by atoms with Gasteiger partial charge in [-0.3, -0.25) is 0 Å². The quantitative estimate of drug-likeness (QED) is 0.688. The number of anilines is 1. The molecule has 5 heteroatoms. The van der Waals surface area contributed by atoms with E-state index in [4.69, 9.17) is 26.8 Å². The van der Waals surface area contributed by atoms with Gasteiger partial charge < -0.3 is 15.2 Å². The van der Waals surface area contributed by atoms with Crippen LogP contribution >= 0.6 is 23.4 Å². The Morgan fingerprint density at radius 2 is 1.85 bits per heavy atom. The maximum Gasteiger partial charge on any atom is 0.162 e. The zero-order chi connectivity index (χ0) is 13.9. The molecule has 3 rings (SSSR count). The van der Waals surface area contributed by atoms with Gasteiger partial charge in [-0.25, -0.2) is 0 Å². The van der Waals surface area contributed by atoms with Crippen LogP contribution in [0.4, 0.5) is 5.69 Å². The topological polar surface area (TPSA) is 44.5 Å². The summed E-state index contributed by atoms with van der Waals surface area (Å²) in [6, 6.07) is 11.6. The minimum Gasteiger partial charge on any atom is -0.486 e. The van der Waals surface area contributed by atoms with E-state index in [1.165, 1.54) is 0 Å². The number of fused-ring (bicyclic) bond motifs is 1. The summed E-state index contributed by atoms with van der Waals surface area (Å²) in [5.74, 6) is 2.41. The molecule has 0 aromatic heterocycles. The molecule has 1 aliphatic heterocycles. The van der Waals surface area contributed by atoms with Crippen molar-refractivity contribution in [1.82, 2.24) is 0 Å². The van der Waals surface area contributed by atoms with Crippen molar-refractivity contribution in [3.63, 3.8) is 0 Å². The lowest BCUT2D eigenvalue weighted by Gasteiger charge is -2.18. The molecule has 2 aromatic carbocycles. The van der Waals surface area contributed by atoms with Gasteiger partial charge >= 0.3 is 0 Å². The Bertz CT molecular complexity index is 633. The summed E-state index contributed by atoms with van der Waals surface area (Å²) in [7, 11) is 0. The van der Waals surface area contributed by atoms with Gasteiger partial charge in [-0.05, 0) is 35.9 Å². The molecule has 20 heavy (non-hydrogen) atoms. The number of halogens is 1. The Kier molecular flexibility index (Phi) is 3.94. The first-order valence-electron chi connectivity index (χ1n) is 6.29. The molecule has 0 bridgehead atoms. The van der Waals surface area contributed by atoms with Crippen LogP contribution < -0.4 is 15.2 Å². The predicted molar refractivity (Wildman–Crippen MR) is 82.9 cm³/mol. The maximum absolute atomic E-state index is 6.17. The van der Waals surface area contributed by atoms with Gasteiger partial charge in [0, 0.05) is 21.4 Å². The van der Waals surface area contributed by atoms with E-state index in [0.717, 1.165) is 27.7 Å². The average molecular weight is 308 g/mol. The smallest absolute Gasteiger partial charge is 0.162 e. The van der Waals surface area contributed by atoms with Crippen LogP contribution in [0.5, 0.6) is 11.5 Å². The van der Waals surface area contributed by atoms with E-state index >= 15 is 0 Å². The Hall–Kier alpha value is -1.52. The Morgan fingerprint density at radius 3 is 2.65 bits per heavy atom. The summed E-state index contributed by atoms with van der Waals surface area (Å²) >= 11 is 7.88. The maximum atomic E-state index is 6.17. The van der Waals surface area contributed by atoms with Gasteiger partial charge in [-0.1, -0.05) is 17.7 Å². The molecule has 0 unspecified atom stereocenters. The summed E-state index contributed by atoms with van der Waals surface area (Å²) in [6.07, 6.45) is 0. The van der Waals surface area contributed by atoms with Gasteiger partial charge in [0.05, 0.1) is 0 Å². The molecule has 0 radical (unpaired) electrons. The second-order valence-electron chi connectivity index (χ2n) is 4.44. The third-order valence-corrected chi connectivity index (χ3v) is 4.38. The average Bonchev–Trinajstić information content (AvgIpc) is 2.46. The first kappa shape index (κ1) is 13.5. The van der Waals surface area contributed by atoms with E-state index < -0.39 is 0 Å². The first-order chi connectivity index (χ1) is 9.72. The minimum atomic E-state index is 0.602. The number of nitrogens with two attached hydrogens (primary N) is 1. The van der Waals surface area contributed by atoms with Gasteiger partial charge in [-0.2, -0.15) is 0 Å². The van der Waals surface area contributed by atoms with Gasteiger partial charge in [0.15, 0.2) is 11.5 Å². The Morgan fingerprint density at radius 1 is 1.05 bits per heavy atom. The Labute approximate surface area is 127 Å². The van der Waals surface area contributed by atoms with Crippen molar-refractivity contribution >= 4 is 29.1 Å². The van der Waals surface area contributed by atoms with E-state index in [1.54, 1.807) is 17.8 Å². The third-order valence-electron chi connectivity index (χ3n) is 2.99. The van der Waals surface area contributed by atoms with Crippen molar-refractivity contribution in [3.05, 3.63) is 47.0 Å². The van der Waals surface area contributed by atoms with Crippen molar-refractivity contribution in [1.29, 1.82) is 0 Å². The van der Waals surface area contributed by atoms with Gasteiger partial charge in [-0.15, -0.1) is 11.8 Å². The molecule has 0 saturated heterocycles. The summed E-state index contributed by atoms with van der Waals surface area (Å²) < 4.78 is 11.1. The molecule has 1 aliphatic rings. The fourth-order valence-electron chi connectivity index (χ4n) is 1.96. The number of rotatable bonds is 3.